The fraction of sp³-hybridized carbons (Fsp3) is 0.579. The van der Waals surface area contributed by atoms with Crippen molar-refractivity contribution in [2.45, 2.75) is 50.7 Å². The monoisotopic (exact) mass is 377 g/mol. The average Bonchev–Trinajstić information content (AvgIpc) is 3.05. The summed E-state index contributed by atoms with van der Waals surface area (Å²) in [5.41, 5.74) is 1.48. The van der Waals surface area contributed by atoms with Gasteiger partial charge in [0.1, 0.15) is 5.52 Å². The fourth-order valence-electron chi connectivity index (χ4n) is 3.97. The highest BCUT2D eigenvalue weighted by molar-refractivity contribution is 6.31. The smallest absolute Gasteiger partial charge is 0.298 e. The molecule has 1 aromatic heterocycles. The van der Waals surface area contributed by atoms with Gasteiger partial charge < -0.3 is 19.7 Å². The number of amides is 1. The third-order valence-electron chi connectivity index (χ3n) is 5.47. The van der Waals surface area contributed by atoms with Crippen LogP contribution in [0.1, 0.15) is 38.5 Å². The van der Waals surface area contributed by atoms with Gasteiger partial charge in [0.15, 0.2) is 5.58 Å². The minimum atomic E-state index is -0.274. The van der Waals surface area contributed by atoms with E-state index in [9.17, 15) is 9.90 Å². The van der Waals surface area contributed by atoms with Crippen molar-refractivity contribution < 1.29 is 14.3 Å². The Labute approximate surface area is 157 Å². The summed E-state index contributed by atoms with van der Waals surface area (Å²) in [5.74, 6) is 0.136. The molecule has 6 nitrogen and oxygen atoms in total. The average molecular weight is 378 g/mol. The second kappa shape index (κ2) is 7.45. The summed E-state index contributed by atoms with van der Waals surface area (Å²) in [4.78, 5) is 19.1. The van der Waals surface area contributed by atoms with Gasteiger partial charge in [-0.05, 0) is 50.7 Å². The van der Waals surface area contributed by atoms with Gasteiger partial charge in [-0.15, -0.1) is 0 Å². The Bertz CT molecular complexity index is 785. The van der Waals surface area contributed by atoms with Crippen molar-refractivity contribution >= 4 is 34.6 Å². The lowest BCUT2D eigenvalue weighted by Crippen LogP contribution is -2.45. The Balaban J connectivity index is 1.33. The van der Waals surface area contributed by atoms with Crippen LogP contribution in [0.2, 0.25) is 5.02 Å². The van der Waals surface area contributed by atoms with Gasteiger partial charge in [-0.2, -0.15) is 4.98 Å². The summed E-state index contributed by atoms with van der Waals surface area (Å²) in [6, 6.07) is 6.13. The molecule has 1 amide bonds. The molecule has 2 atom stereocenters. The Kier molecular flexibility index (Phi) is 5.05. The number of hydrogen-bond acceptors (Lipinski definition) is 5. The Morgan fingerprint density at radius 2 is 2.08 bits per heavy atom. The van der Waals surface area contributed by atoms with E-state index in [0.29, 0.717) is 23.0 Å². The zero-order valence-corrected chi connectivity index (χ0v) is 15.4. The van der Waals surface area contributed by atoms with Crippen molar-refractivity contribution in [2.75, 3.05) is 18.0 Å². The van der Waals surface area contributed by atoms with E-state index < -0.39 is 0 Å². The summed E-state index contributed by atoms with van der Waals surface area (Å²) in [5, 5.41) is 13.5. The lowest BCUT2D eigenvalue weighted by Gasteiger charge is -2.32. The van der Waals surface area contributed by atoms with Crippen LogP contribution in [0.5, 0.6) is 0 Å². The highest BCUT2D eigenvalue weighted by atomic mass is 35.5. The molecule has 140 valence electrons. The van der Waals surface area contributed by atoms with Crippen LogP contribution in [0, 0.1) is 5.92 Å². The number of rotatable bonds is 3. The first-order valence-corrected chi connectivity index (χ1v) is 9.76. The van der Waals surface area contributed by atoms with E-state index in [4.69, 9.17) is 16.0 Å². The maximum Gasteiger partial charge on any atom is 0.298 e. The van der Waals surface area contributed by atoms with Crippen LogP contribution in [-0.2, 0) is 4.79 Å². The number of aliphatic hydroxyl groups is 1. The number of aliphatic hydroxyl groups excluding tert-OH is 1. The number of anilines is 1. The summed E-state index contributed by atoms with van der Waals surface area (Å²) in [6.45, 7) is 1.48. The molecule has 2 heterocycles. The molecule has 0 unspecified atom stereocenters. The van der Waals surface area contributed by atoms with Gasteiger partial charge in [-0.1, -0.05) is 11.6 Å². The number of nitrogens with one attached hydrogen (secondary N) is 1. The maximum atomic E-state index is 12.5. The van der Waals surface area contributed by atoms with Crippen LogP contribution in [0.25, 0.3) is 11.1 Å². The van der Waals surface area contributed by atoms with Crippen LogP contribution in [0.4, 0.5) is 6.01 Å². The number of carbonyl (C=O) groups is 1. The third-order valence-corrected chi connectivity index (χ3v) is 5.70. The number of carbonyl (C=O) groups excluding carboxylic acids is 1. The second-order valence-electron chi connectivity index (χ2n) is 7.40. The molecular weight excluding hydrogens is 354 g/mol. The number of fused-ring (bicyclic) bond motifs is 1. The molecule has 2 fully saturated rings. The molecule has 26 heavy (non-hydrogen) atoms. The summed E-state index contributed by atoms with van der Waals surface area (Å²) < 4.78 is 5.82. The third kappa shape index (κ3) is 3.81. The first-order chi connectivity index (χ1) is 12.6. The minimum absolute atomic E-state index is 0.0177. The molecule has 0 radical (unpaired) electrons. The predicted molar refractivity (Wildman–Crippen MR) is 100 cm³/mol. The molecule has 1 aliphatic heterocycles. The summed E-state index contributed by atoms with van der Waals surface area (Å²) in [6.07, 6.45) is 4.75. The summed E-state index contributed by atoms with van der Waals surface area (Å²) in [7, 11) is 0. The van der Waals surface area contributed by atoms with Crippen LogP contribution in [-0.4, -0.2) is 41.2 Å². The highest BCUT2D eigenvalue weighted by Gasteiger charge is 2.29. The zero-order valence-electron chi connectivity index (χ0n) is 14.7. The van der Waals surface area contributed by atoms with E-state index in [2.05, 4.69) is 15.2 Å². The Morgan fingerprint density at radius 1 is 1.27 bits per heavy atom. The van der Waals surface area contributed by atoms with Gasteiger partial charge in [0, 0.05) is 36.1 Å². The SMILES string of the molecule is O=C(N[C@H]1CCC[C@@H](O)C1)C1CCN(c2nc3ccc(Cl)cc3o2)CC1. The van der Waals surface area contributed by atoms with E-state index in [0.717, 1.165) is 50.7 Å². The predicted octanol–water partition coefficient (Wildman–Crippen LogP) is 3.12. The van der Waals surface area contributed by atoms with Crippen molar-refractivity contribution in [3.63, 3.8) is 0 Å². The number of nitrogens with zero attached hydrogens (tertiary/aromatic N) is 2. The maximum absolute atomic E-state index is 12.5. The molecular formula is C19H24ClN3O3. The van der Waals surface area contributed by atoms with Gasteiger partial charge in [-0.25, -0.2) is 0 Å². The number of piperidine rings is 1. The molecule has 4 rings (SSSR count). The minimum Gasteiger partial charge on any atom is -0.423 e. The van der Waals surface area contributed by atoms with Crippen molar-refractivity contribution in [2.24, 2.45) is 5.92 Å². The summed E-state index contributed by atoms with van der Waals surface area (Å²) >= 11 is 6.00. The molecule has 2 aromatic rings. The lowest BCUT2D eigenvalue weighted by molar-refractivity contribution is -0.126. The number of oxazole rings is 1. The molecule has 7 heteroatoms. The van der Waals surface area contributed by atoms with E-state index in [-0.39, 0.29) is 24.0 Å². The zero-order chi connectivity index (χ0) is 18.1. The van der Waals surface area contributed by atoms with Crippen LogP contribution in [0.3, 0.4) is 0 Å². The van der Waals surface area contributed by atoms with Crippen LogP contribution < -0.4 is 10.2 Å². The van der Waals surface area contributed by atoms with E-state index in [1.165, 1.54) is 0 Å². The van der Waals surface area contributed by atoms with E-state index in [1.54, 1.807) is 12.1 Å². The van der Waals surface area contributed by atoms with Gasteiger partial charge in [0.2, 0.25) is 5.91 Å². The number of halogens is 1. The van der Waals surface area contributed by atoms with Crippen LogP contribution in [0.15, 0.2) is 22.6 Å². The van der Waals surface area contributed by atoms with E-state index in [1.807, 2.05) is 6.07 Å². The van der Waals surface area contributed by atoms with Crippen LogP contribution >= 0.6 is 11.6 Å². The normalized spacial score (nSPS) is 24.8. The topological polar surface area (TPSA) is 78.6 Å². The molecule has 2 aliphatic rings. The van der Waals surface area contributed by atoms with Gasteiger partial charge in [-0.3, -0.25) is 4.79 Å². The van der Waals surface area contributed by atoms with E-state index >= 15 is 0 Å². The van der Waals surface area contributed by atoms with Crippen molar-refractivity contribution in [3.05, 3.63) is 23.2 Å². The van der Waals surface area contributed by atoms with Crippen molar-refractivity contribution in [1.82, 2.24) is 10.3 Å². The quantitative estimate of drug-likeness (QED) is 0.859. The van der Waals surface area contributed by atoms with Gasteiger partial charge in [0.25, 0.3) is 6.01 Å². The molecule has 0 bridgehead atoms. The molecule has 1 saturated carbocycles. The molecule has 0 spiro atoms. The largest absolute Gasteiger partial charge is 0.423 e. The first kappa shape index (κ1) is 17.6. The molecule has 1 aromatic carbocycles. The van der Waals surface area contributed by atoms with Crippen molar-refractivity contribution in [1.29, 1.82) is 0 Å². The number of benzene rings is 1. The highest BCUT2D eigenvalue weighted by Crippen LogP contribution is 2.28. The standard InChI is InChI=1S/C19H24ClN3O3/c20-13-4-5-16-17(10-13)26-19(22-16)23-8-6-12(7-9-23)18(25)21-14-2-1-3-15(24)11-14/h4-5,10,12,14-15,24H,1-3,6-9,11H2,(H,21,25)/t14-,15+/m0/s1. The Morgan fingerprint density at radius 3 is 2.85 bits per heavy atom. The second-order valence-corrected chi connectivity index (χ2v) is 7.83. The number of aromatic nitrogens is 1. The molecule has 1 aliphatic carbocycles. The lowest BCUT2D eigenvalue weighted by atomic mass is 9.91. The van der Waals surface area contributed by atoms with Gasteiger partial charge >= 0.3 is 0 Å². The molecule has 2 N–H and O–H groups in total. The fourth-order valence-corrected chi connectivity index (χ4v) is 4.13. The molecule has 1 saturated heterocycles. The first-order valence-electron chi connectivity index (χ1n) is 9.38. The van der Waals surface area contributed by atoms with Crippen molar-refractivity contribution in [3.8, 4) is 0 Å². The number of hydrogen-bond donors (Lipinski definition) is 2. The van der Waals surface area contributed by atoms with Gasteiger partial charge in [0.05, 0.1) is 6.10 Å². The Hall–Kier alpha value is -1.79.